The molecule has 25 heavy (non-hydrogen) atoms. The van der Waals surface area contributed by atoms with Crippen molar-refractivity contribution in [3.63, 3.8) is 0 Å². The number of piperidine rings is 1. The number of hydrogen-bond acceptors (Lipinski definition) is 5. The van der Waals surface area contributed by atoms with Crippen molar-refractivity contribution in [2.45, 2.75) is 31.9 Å². The fraction of sp³-hybridized carbons (Fsp3) is 0.688. The van der Waals surface area contributed by atoms with E-state index in [1.54, 1.807) is 16.6 Å². The molecule has 0 bridgehead atoms. The number of nitrogens with zero attached hydrogens (tertiary/aromatic N) is 4. The lowest BCUT2D eigenvalue weighted by atomic mass is 9.92. The van der Waals surface area contributed by atoms with Gasteiger partial charge in [0.1, 0.15) is 12.1 Å². The maximum Gasteiger partial charge on any atom is 0.410 e. The molecule has 3 rings (SSSR count). The molecule has 2 aliphatic heterocycles. The summed E-state index contributed by atoms with van der Waals surface area (Å²) in [7, 11) is 3.60. The van der Waals surface area contributed by atoms with E-state index < -0.39 is 5.60 Å². The molecule has 0 atom stereocenters. The van der Waals surface area contributed by atoms with Crippen LogP contribution in [-0.2, 0) is 23.1 Å². The van der Waals surface area contributed by atoms with E-state index in [-0.39, 0.29) is 31.0 Å². The molecule has 2 fully saturated rings. The predicted octanol–water partition coefficient (Wildman–Crippen LogP) is 0.683. The van der Waals surface area contributed by atoms with Crippen LogP contribution in [0, 0.1) is 6.92 Å². The second kappa shape index (κ2) is 7.61. The first-order valence-corrected chi connectivity index (χ1v) is 8.31. The minimum atomic E-state index is -0.416. The lowest BCUT2D eigenvalue weighted by Gasteiger charge is -2.31. The molecule has 1 spiro atoms. The maximum atomic E-state index is 12.5. The molecule has 0 saturated carbocycles. The highest BCUT2D eigenvalue weighted by molar-refractivity contribution is 5.85. The molecule has 2 amide bonds. The smallest absolute Gasteiger partial charge is 0.410 e. The Kier molecular flexibility index (Phi) is 5.95. The van der Waals surface area contributed by atoms with E-state index >= 15 is 0 Å². The van der Waals surface area contributed by atoms with Gasteiger partial charge in [0.25, 0.3) is 0 Å². The third-order valence-corrected chi connectivity index (χ3v) is 4.81. The fourth-order valence-corrected chi connectivity index (χ4v) is 3.38. The highest BCUT2D eigenvalue weighted by Gasteiger charge is 2.46. The second-order valence-corrected chi connectivity index (χ2v) is 6.81. The minimum absolute atomic E-state index is 0. The first kappa shape index (κ1) is 19.5. The normalized spacial score (nSPS) is 18.8. The van der Waals surface area contributed by atoms with E-state index in [0.717, 1.165) is 37.3 Å². The molecular formula is C16H26ClN5O3. The number of carbonyl (C=O) groups excluding carboxylic acids is 2. The van der Waals surface area contributed by atoms with Crippen LogP contribution < -0.4 is 5.32 Å². The number of aryl methyl sites for hydroxylation is 2. The molecule has 0 aromatic carbocycles. The van der Waals surface area contributed by atoms with Crippen LogP contribution in [-0.4, -0.2) is 70.4 Å². The van der Waals surface area contributed by atoms with Crippen molar-refractivity contribution in [3.05, 3.63) is 17.5 Å². The van der Waals surface area contributed by atoms with Gasteiger partial charge in [0.2, 0.25) is 5.91 Å². The van der Waals surface area contributed by atoms with Gasteiger partial charge in [-0.25, -0.2) is 4.79 Å². The Labute approximate surface area is 153 Å². The van der Waals surface area contributed by atoms with Crippen molar-refractivity contribution in [1.82, 2.24) is 24.9 Å². The molecular weight excluding hydrogens is 346 g/mol. The third kappa shape index (κ3) is 4.24. The SMILES string of the molecule is Cc1cc(CN(C)C(=O)CN2CC3(CCNCC3)OC2=O)n(C)n1.Cl. The lowest BCUT2D eigenvalue weighted by molar-refractivity contribution is -0.131. The Morgan fingerprint density at radius 1 is 1.44 bits per heavy atom. The first-order valence-electron chi connectivity index (χ1n) is 8.31. The maximum absolute atomic E-state index is 12.5. The zero-order valence-electron chi connectivity index (χ0n) is 14.9. The number of halogens is 1. The number of amides is 2. The molecule has 2 saturated heterocycles. The Bertz CT molecular complexity index is 642. The van der Waals surface area contributed by atoms with E-state index in [1.807, 2.05) is 20.0 Å². The third-order valence-electron chi connectivity index (χ3n) is 4.81. The monoisotopic (exact) mass is 371 g/mol. The summed E-state index contributed by atoms with van der Waals surface area (Å²) in [4.78, 5) is 27.7. The van der Waals surface area contributed by atoms with Crippen LogP contribution in [0.4, 0.5) is 4.79 Å². The molecule has 140 valence electrons. The zero-order chi connectivity index (χ0) is 17.3. The molecule has 1 N–H and O–H groups in total. The number of aromatic nitrogens is 2. The fourth-order valence-electron chi connectivity index (χ4n) is 3.38. The Balaban J connectivity index is 0.00000225. The molecule has 3 heterocycles. The summed E-state index contributed by atoms with van der Waals surface area (Å²) in [6.45, 7) is 4.63. The van der Waals surface area contributed by atoms with Crippen molar-refractivity contribution < 1.29 is 14.3 Å². The van der Waals surface area contributed by atoms with Crippen LogP contribution in [0.2, 0.25) is 0 Å². The largest absolute Gasteiger partial charge is 0.441 e. The number of hydrogen-bond donors (Lipinski definition) is 1. The summed E-state index contributed by atoms with van der Waals surface area (Å²) in [5, 5.41) is 7.55. The highest BCUT2D eigenvalue weighted by Crippen LogP contribution is 2.30. The summed E-state index contributed by atoms with van der Waals surface area (Å²) in [6.07, 6.45) is 1.22. The number of nitrogens with one attached hydrogen (secondary N) is 1. The summed E-state index contributed by atoms with van der Waals surface area (Å²) in [5.74, 6) is -0.100. The van der Waals surface area contributed by atoms with Gasteiger partial charge in [0, 0.05) is 26.9 Å². The molecule has 0 aliphatic carbocycles. The summed E-state index contributed by atoms with van der Waals surface area (Å²) in [6, 6.07) is 1.96. The number of rotatable bonds is 4. The highest BCUT2D eigenvalue weighted by atomic mass is 35.5. The van der Waals surface area contributed by atoms with Gasteiger partial charge in [-0.2, -0.15) is 5.10 Å². The van der Waals surface area contributed by atoms with E-state index in [2.05, 4.69) is 10.4 Å². The minimum Gasteiger partial charge on any atom is -0.441 e. The van der Waals surface area contributed by atoms with Crippen molar-refractivity contribution >= 4 is 24.4 Å². The molecule has 0 radical (unpaired) electrons. The lowest BCUT2D eigenvalue weighted by Crippen LogP contribution is -2.46. The average molecular weight is 372 g/mol. The number of likely N-dealkylation sites (N-methyl/N-ethyl adjacent to an activating group) is 1. The topological polar surface area (TPSA) is 79.7 Å². The molecule has 8 nitrogen and oxygen atoms in total. The van der Waals surface area contributed by atoms with Gasteiger partial charge >= 0.3 is 6.09 Å². The Hall–Kier alpha value is -1.80. The van der Waals surface area contributed by atoms with Crippen LogP contribution in [0.5, 0.6) is 0 Å². The van der Waals surface area contributed by atoms with Crippen molar-refractivity contribution in [2.75, 3.05) is 33.2 Å². The van der Waals surface area contributed by atoms with Crippen LogP contribution in [0.1, 0.15) is 24.2 Å². The molecule has 0 unspecified atom stereocenters. The van der Waals surface area contributed by atoms with E-state index in [1.165, 1.54) is 4.90 Å². The van der Waals surface area contributed by atoms with E-state index in [0.29, 0.717) is 13.1 Å². The summed E-state index contributed by atoms with van der Waals surface area (Å²) >= 11 is 0. The quantitative estimate of drug-likeness (QED) is 0.842. The van der Waals surface area contributed by atoms with Crippen molar-refractivity contribution in [3.8, 4) is 0 Å². The molecule has 1 aromatic heterocycles. The standard InChI is InChI=1S/C16H25N5O3.ClH/c1-12-8-13(20(3)18-12)9-19(2)14(22)10-21-11-16(24-15(21)23)4-6-17-7-5-16;/h8,17H,4-7,9-11H2,1-3H3;1H. The van der Waals surface area contributed by atoms with Gasteiger partial charge in [-0.1, -0.05) is 0 Å². The Morgan fingerprint density at radius 3 is 2.72 bits per heavy atom. The van der Waals surface area contributed by atoms with Gasteiger partial charge < -0.3 is 15.0 Å². The van der Waals surface area contributed by atoms with Gasteiger partial charge in [0.15, 0.2) is 0 Å². The first-order chi connectivity index (χ1) is 11.4. The van der Waals surface area contributed by atoms with Gasteiger partial charge in [0.05, 0.1) is 24.5 Å². The Morgan fingerprint density at radius 2 is 2.12 bits per heavy atom. The summed E-state index contributed by atoms with van der Waals surface area (Å²) in [5.41, 5.74) is 1.46. The predicted molar refractivity (Wildman–Crippen MR) is 94.6 cm³/mol. The van der Waals surface area contributed by atoms with Crippen molar-refractivity contribution in [1.29, 1.82) is 0 Å². The second-order valence-electron chi connectivity index (χ2n) is 6.81. The van der Waals surface area contributed by atoms with Gasteiger partial charge in [-0.15, -0.1) is 12.4 Å². The van der Waals surface area contributed by atoms with E-state index in [9.17, 15) is 9.59 Å². The van der Waals surface area contributed by atoms with Crippen LogP contribution in [0.3, 0.4) is 0 Å². The van der Waals surface area contributed by atoms with E-state index in [4.69, 9.17) is 4.74 Å². The average Bonchev–Trinajstić information content (AvgIpc) is 2.99. The number of carbonyl (C=O) groups is 2. The van der Waals surface area contributed by atoms with Crippen molar-refractivity contribution in [2.24, 2.45) is 7.05 Å². The van der Waals surface area contributed by atoms with Gasteiger partial charge in [-0.3, -0.25) is 14.4 Å². The molecule has 2 aliphatic rings. The van der Waals surface area contributed by atoms with Crippen LogP contribution in [0.15, 0.2) is 6.07 Å². The molecule has 9 heteroatoms. The number of ether oxygens (including phenoxy) is 1. The van der Waals surface area contributed by atoms with Crippen LogP contribution >= 0.6 is 12.4 Å². The van der Waals surface area contributed by atoms with Gasteiger partial charge in [-0.05, 0) is 26.1 Å². The van der Waals surface area contributed by atoms with Crippen LogP contribution in [0.25, 0.3) is 0 Å². The zero-order valence-corrected chi connectivity index (χ0v) is 15.8. The summed E-state index contributed by atoms with van der Waals surface area (Å²) < 4.78 is 7.36. The molecule has 1 aromatic rings.